The number of nitrogens with zero attached hydrogens (tertiary/aromatic N) is 2. The van der Waals surface area contributed by atoms with E-state index in [9.17, 15) is 27.1 Å². The molecule has 4 nitrogen and oxygen atoms in total. The van der Waals surface area contributed by atoms with Crippen LogP contribution in [0.4, 0.5) is 27.8 Å². The van der Waals surface area contributed by atoms with E-state index in [2.05, 4.69) is 15.3 Å². The Balaban J connectivity index is 1.82. The van der Waals surface area contributed by atoms with Crippen molar-refractivity contribution in [1.29, 1.82) is 0 Å². The molecule has 2 aromatic carbocycles. The maximum absolute atomic E-state index is 14.6. The molecular weight excluding hydrogens is 417 g/mol. The van der Waals surface area contributed by atoms with Crippen molar-refractivity contribution >= 4 is 16.7 Å². The average molecular weight is 431 g/mol. The number of anilines is 1. The lowest BCUT2D eigenvalue weighted by molar-refractivity contribution is -0.137. The number of aromatic hydroxyl groups is 1. The van der Waals surface area contributed by atoms with E-state index in [1.807, 2.05) is 0 Å². The lowest BCUT2D eigenvalue weighted by atomic mass is 9.95. The Labute approximate surface area is 173 Å². The van der Waals surface area contributed by atoms with Crippen LogP contribution in [0.3, 0.4) is 0 Å². The quantitative estimate of drug-likeness (QED) is 0.399. The Morgan fingerprint density at radius 1 is 0.903 bits per heavy atom. The highest BCUT2D eigenvalue weighted by Crippen LogP contribution is 2.37. The van der Waals surface area contributed by atoms with Gasteiger partial charge in [-0.25, -0.2) is 13.8 Å². The Kier molecular flexibility index (Phi) is 5.18. The average Bonchev–Trinajstić information content (AvgIpc) is 2.73. The second kappa shape index (κ2) is 7.82. The molecule has 0 fully saturated rings. The van der Waals surface area contributed by atoms with Gasteiger partial charge >= 0.3 is 6.18 Å². The molecule has 2 aromatic heterocycles. The number of aromatic nitrogens is 2. The van der Waals surface area contributed by atoms with E-state index in [1.165, 1.54) is 18.3 Å². The Morgan fingerprint density at radius 3 is 2.35 bits per heavy atom. The number of fused-ring (bicyclic) bond motifs is 1. The van der Waals surface area contributed by atoms with E-state index in [4.69, 9.17) is 0 Å². The van der Waals surface area contributed by atoms with Crippen LogP contribution in [0.25, 0.3) is 10.9 Å². The van der Waals surface area contributed by atoms with E-state index in [0.29, 0.717) is 17.6 Å². The van der Waals surface area contributed by atoms with Gasteiger partial charge < -0.3 is 10.4 Å². The smallest absolute Gasteiger partial charge is 0.417 e. The molecule has 0 aliphatic rings. The topological polar surface area (TPSA) is 58.0 Å². The zero-order valence-corrected chi connectivity index (χ0v) is 15.7. The molecule has 0 amide bonds. The summed E-state index contributed by atoms with van der Waals surface area (Å²) >= 11 is 0. The van der Waals surface area contributed by atoms with Crippen molar-refractivity contribution in [2.45, 2.75) is 12.2 Å². The van der Waals surface area contributed by atoms with Gasteiger partial charge in [0.15, 0.2) is 0 Å². The number of benzene rings is 2. The molecule has 158 valence electrons. The Morgan fingerprint density at radius 2 is 1.68 bits per heavy atom. The minimum atomic E-state index is -4.56. The second-order valence-electron chi connectivity index (χ2n) is 6.75. The number of pyridine rings is 2. The van der Waals surface area contributed by atoms with Crippen molar-refractivity contribution in [2.75, 3.05) is 5.32 Å². The van der Waals surface area contributed by atoms with Gasteiger partial charge in [-0.1, -0.05) is 24.3 Å². The van der Waals surface area contributed by atoms with E-state index in [-0.39, 0.29) is 28.2 Å². The fourth-order valence-corrected chi connectivity index (χ4v) is 3.23. The summed E-state index contributed by atoms with van der Waals surface area (Å²) in [4.78, 5) is 7.88. The summed E-state index contributed by atoms with van der Waals surface area (Å²) in [7, 11) is 0. The molecular formula is C22H14F5N3O. The first-order valence-electron chi connectivity index (χ1n) is 9.05. The number of hydrogen-bond donors (Lipinski definition) is 2. The fraction of sp³-hybridized carbons (Fsp3) is 0.0909. The summed E-state index contributed by atoms with van der Waals surface area (Å²) in [5, 5.41) is 14.2. The third-order valence-corrected chi connectivity index (χ3v) is 4.75. The Bertz CT molecular complexity index is 1240. The van der Waals surface area contributed by atoms with Crippen molar-refractivity contribution in [3.63, 3.8) is 0 Å². The number of phenolic OH excluding ortho intramolecular Hbond substituents is 1. The molecule has 0 radical (unpaired) electrons. The highest BCUT2D eigenvalue weighted by molar-refractivity contribution is 5.86. The number of hydrogen-bond acceptors (Lipinski definition) is 4. The van der Waals surface area contributed by atoms with Crippen molar-refractivity contribution in [2.24, 2.45) is 0 Å². The number of phenols is 1. The SMILES string of the molecule is Oc1c(C(Nc2ccc(C(F)(F)F)cn2)c2ccc(F)cc2F)ccc2cccnc12. The zero-order valence-electron chi connectivity index (χ0n) is 15.7. The van der Waals surface area contributed by atoms with Crippen LogP contribution >= 0.6 is 0 Å². The fourth-order valence-electron chi connectivity index (χ4n) is 3.23. The molecule has 2 heterocycles. The predicted octanol–water partition coefficient (Wildman–Crippen LogP) is 5.83. The van der Waals surface area contributed by atoms with Crippen LogP contribution in [0.1, 0.15) is 22.7 Å². The van der Waals surface area contributed by atoms with Gasteiger partial charge in [0.05, 0.1) is 11.6 Å². The van der Waals surface area contributed by atoms with Gasteiger partial charge in [0, 0.05) is 35.0 Å². The normalized spacial score (nSPS) is 12.7. The van der Waals surface area contributed by atoms with Crippen LogP contribution in [0, 0.1) is 11.6 Å². The highest BCUT2D eigenvalue weighted by Gasteiger charge is 2.31. The molecule has 0 saturated carbocycles. The lowest BCUT2D eigenvalue weighted by Crippen LogP contribution is -2.16. The van der Waals surface area contributed by atoms with Crippen LogP contribution in [0.5, 0.6) is 5.75 Å². The summed E-state index contributed by atoms with van der Waals surface area (Å²) in [6, 6.07) is 10.3. The van der Waals surface area contributed by atoms with Crippen molar-refractivity contribution < 1.29 is 27.1 Å². The van der Waals surface area contributed by atoms with E-state index >= 15 is 0 Å². The van der Waals surface area contributed by atoms with Gasteiger partial charge in [0.2, 0.25) is 0 Å². The molecule has 2 N–H and O–H groups in total. The summed E-state index contributed by atoms with van der Waals surface area (Å²) in [5.41, 5.74) is -0.526. The van der Waals surface area contributed by atoms with Gasteiger partial charge in [-0.15, -0.1) is 0 Å². The summed E-state index contributed by atoms with van der Waals surface area (Å²) in [6.45, 7) is 0. The molecule has 9 heteroatoms. The summed E-state index contributed by atoms with van der Waals surface area (Å²) < 4.78 is 66.5. The van der Waals surface area contributed by atoms with Crippen LogP contribution in [0.2, 0.25) is 0 Å². The third kappa shape index (κ3) is 4.11. The molecule has 0 aliphatic heterocycles. The van der Waals surface area contributed by atoms with Crippen LogP contribution in [0.15, 0.2) is 67.0 Å². The molecule has 4 aromatic rings. The van der Waals surface area contributed by atoms with Gasteiger partial charge in [0.25, 0.3) is 0 Å². The number of rotatable bonds is 4. The highest BCUT2D eigenvalue weighted by atomic mass is 19.4. The van der Waals surface area contributed by atoms with Gasteiger partial charge in [0.1, 0.15) is 28.7 Å². The number of halogens is 5. The minimum Gasteiger partial charge on any atom is -0.505 e. The van der Waals surface area contributed by atoms with E-state index in [1.54, 1.807) is 18.2 Å². The Hall–Kier alpha value is -3.75. The maximum atomic E-state index is 14.6. The molecule has 0 aliphatic carbocycles. The van der Waals surface area contributed by atoms with Crippen molar-refractivity contribution in [1.82, 2.24) is 9.97 Å². The van der Waals surface area contributed by atoms with Gasteiger partial charge in [-0.3, -0.25) is 4.98 Å². The van der Waals surface area contributed by atoms with E-state index < -0.39 is 29.4 Å². The van der Waals surface area contributed by atoms with Gasteiger partial charge in [-0.05, 0) is 24.3 Å². The standard InChI is InChI=1S/C22H14F5N3O/c23-14-5-7-15(17(24)10-14)20(30-18-8-4-13(11-29-18)22(25,26)27)16-6-3-12-2-1-9-28-19(12)21(16)31/h1-11,20,31H,(H,29,30). The lowest BCUT2D eigenvalue weighted by Gasteiger charge is -2.22. The second-order valence-corrected chi connectivity index (χ2v) is 6.75. The largest absolute Gasteiger partial charge is 0.505 e. The van der Waals surface area contributed by atoms with Crippen LogP contribution in [-0.4, -0.2) is 15.1 Å². The summed E-state index contributed by atoms with van der Waals surface area (Å²) in [5.74, 6) is -1.93. The molecule has 0 bridgehead atoms. The molecule has 0 spiro atoms. The number of nitrogens with one attached hydrogen (secondary N) is 1. The molecule has 1 unspecified atom stereocenters. The molecule has 0 saturated heterocycles. The van der Waals surface area contributed by atoms with Crippen LogP contribution < -0.4 is 5.32 Å². The molecule has 4 rings (SSSR count). The molecule has 31 heavy (non-hydrogen) atoms. The van der Waals surface area contributed by atoms with E-state index in [0.717, 1.165) is 18.2 Å². The predicted molar refractivity (Wildman–Crippen MR) is 104 cm³/mol. The van der Waals surface area contributed by atoms with Gasteiger partial charge in [-0.2, -0.15) is 13.2 Å². The first kappa shape index (κ1) is 20.5. The maximum Gasteiger partial charge on any atom is 0.417 e. The van der Waals surface area contributed by atoms with Crippen LogP contribution in [-0.2, 0) is 6.18 Å². The summed E-state index contributed by atoms with van der Waals surface area (Å²) in [6.07, 6.45) is -2.44. The number of alkyl halides is 3. The first-order valence-corrected chi connectivity index (χ1v) is 9.05. The third-order valence-electron chi connectivity index (χ3n) is 4.75. The zero-order chi connectivity index (χ0) is 22.2. The monoisotopic (exact) mass is 431 g/mol. The first-order chi connectivity index (χ1) is 14.7. The molecule has 1 atom stereocenters. The minimum absolute atomic E-state index is 0.00208. The van der Waals surface area contributed by atoms with Crippen molar-refractivity contribution in [3.8, 4) is 5.75 Å². The van der Waals surface area contributed by atoms with Crippen molar-refractivity contribution in [3.05, 3.63) is 95.3 Å².